The number of hydrogen-bond donors (Lipinski definition) is 0. The van der Waals surface area contributed by atoms with Crippen LogP contribution < -0.4 is 0 Å². The van der Waals surface area contributed by atoms with Crippen molar-refractivity contribution in [2.45, 2.75) is 372 Å². The molecule has 18 nitrogen and oxygen atoms in total. The fourth-order valence-electron chi connectivity index (χ4n) is 13.2. The van der Waals surface area contributed by atoms with Crippen LogP contribution in [-0.4, -0.2) is 113 Å². The van der Waals surface area contributed by atoms with Gasteiger partial charge in [0.15, 0.2) is 40.8 Å². The van der Waals surface area contributed by atoms with Gasteiger partial charge in [-0.15, -0.1) is 0 Å². The van der Waals surface area contributed by atoms with Crippen LogP contribution in [0, 0.1) is 57.2 Å². The lowest BCUT2D eigenvalue weighted by Crippen LogP contribution is -2.49. The monoisotopic (exact) mass is 1380 g/mol. The number of esters is 6. The number of ether oxygens (including phenoxy) is 12. The van der Waals surface area contributed by atoms with Crippen LogP contribution in [0.15, 0.2) is 0 Å². The molecule has 2 unspecified atom stereocenters. The molecule has 97 heavy (non-hydrogen) atoms. The van der Waals surface area contributed by atoms with Crippen LogP contribution in [0.5, 0.6) is 0 Å². The standard InChI is InChI=1S/C17H28O3.C14H26O3.C13H24O3.2C12H22O3.C11H20O3/c1-4-17(2,3)16(18)20-10-19-15-13-6-11-5-12(8-13)9-14(15)7-11;1-4-14(2,3)13(15)17-11-16-12-9-7-5-6-8-10-12;1-4-13(2,3)12(14)16-10-15-11-8-6-5-7-9-11;1-4-12(2,3)11(13)15-9-14-10-7-5-6-8-10;1-3-10(2)12(13)15-9-14-11-7-5-4-6-8-11;1-3-9(2)11(12)14-8-13-10-6-4-5-7-10/h11-15H,4-10H2,1-3H3;12H,4-11H2,1-3H3;11H,4-10H2,1-3H3;10H,4-9H2,1-3H3;10-11H,3-9H2,1-2H3;9-10H,3-8H2,1-2H3. The molecule has 0 radical (unpaired) electrons. The Morgan fingerprint density at radius 3 is 0.732 bits per heavy atom. The summed E-state index contributed by atoms with van der Waals surface area (Å²) in [4.78, 5) is 69.4. The zero-order chi connectivity index (χ0) is 71.9. The van der Waals surface area contributed by atoms with Crippen LogP contribution in [-0.2, 0) is 85.6 Å². The first-order valence-electron chi connectivity index (χ1n) is 38.9. The van der Waals surface area contributed by atoms with Crippen molar-refractivity contribution in [2.75, 3.05) is 40.8 Å². The van der Waals surface area contributed by atoms with Gasteiger partial charge < -0.3 is 56.8 Å². The fourth-order valence-corrected chi connectivity index (χ4v) is 13.2. The number of carbonyl (C=O) groups is 6. The molecule has 9 aliphatic carbocycles. The van der Waals surface area contributed by atoms with Crippen molar-refractivity contribution in [1.82, 2.24) is 0 Å². The van der Waals surface area contributed by atoms with Gasteiger partial charge in [0.2, 0.25) is 0 Å². The third kappa shape index (κ3) is 34.9. The third-order valence-corrected chi connectivity index (χ3v) is 22.4. The average Bonchev–Trinajstić information content (AvgIpc) is 1.49. The third-order valence-electron chi connectivity index (χ3n) is 22.4. The molecule has 0 aromatic heterocycles. The van der Waals surface area contributed by atoms with E-state index in [4.69, 9.17) is 56.8 Å². The van der Waals surface area contributed by atoms with Crippen LogP contribution >= 0.6 is 0 Å². The van der Waals surface area contributed by atoms with E-state index in [1.165, 1.54) is 122 Å². The Kier molecular flexibility index (Phi) is 43.2. The maximum atomic E-state index is 11.9. The van der Waals surface area contributed by atoms with Gasteiger partial charge in [0.05, 0.1) is 70.1 Å². The van der Waals surface area contributed by atoms with Gasteiger partial charge in [-0.05, 0) is 214 Å². The van der Waals surface area contributed by atoms with Gasteiger partial charge in [-0.2, -0.15) is 0 Å². The topological polar surface area (TPSA) is 213 Å². The zero-order valence-corrected chi connectivity index (χ0v) is 64.3. The van der Waals surface area contributed by atoms with Crippen LogP contribution in [0.4, 0.5) is 0 Å². The Balaban J connectivity index is 0.000000304. The molecule has 9 aliphatic rings. The molecule has 0 N–H and O–H groups in total. The molecule has 0 amide bonds. The van der Waals surface area contributed by atoms with E-state index in [2.05, 4.69) is 0 Å². The summed E-state index contributed by atoms with van der Waals surface area (Å²) >= 11 is 0. The smallest absolute Gasteiger partial charge is 0.313 e. The van der Waals surface area contributed by atoms with E-state index in [9.17, 15) is 28.8 Å². The largest absolute Gasteiger partial charge is 0.438 e. The van der Waals surface area contributed by atoms with E-state index in [1.807, 2.05) is 111 Å². The fraction of sp³-hybridized carbons (Fsp3) is 0.924. The quantitative estimate of drug-likeness (QED) is 0.0283. The van der Waals surface area contributed by atoms with E-state index < -0.39 is 16.2 Å². The van der Waals surface area contributed by atoms with Crippen LogP contribution in [0.25, 0.3) is 0 Å². The molecule has 4 bridgehead atoms. The normalized spacial score (nSPS) is 23.1. The summed E-state index contributed by atoms with van der Waals surface area (Å²) in [6.45, 7) is 31.7. The first kappa shape index (κ1) is 87.8. The Morgan fingerprint density at radius 2 is 0.505 bits per heavy atom. The molecule has 0 saturated heterocycles. The van der Waals surface area contributed by atoms with Crippen LogP contribution in [0.3, 0.4) is 0 Å². The molecule has 0 spiro atoms. The molecule has 0 aromatic carbocycles. The molecular formula is C79H142O18. The predicted molar refractivity (Wildman–Crippen MR) is 378 cm³/mol. The van der Waals surface area contributed by atoms with E-state index >= 15 is 0 Å². The van der Waals surface area contributed by atoms with Gasteiger partial charge in [-0.3, -0.25) is 28.8 Å². The highest BCUT2D eigenvalue weighted by atomic mass is 16.7. The highest BCUT2D eigenvalue weighted by Gasteiger charge is 2.49. The van der Waals surface area contributed by atoms with E-state index in [-0.39, 0.29) is 99.9 Å². The average molecular weight is 1380 g/mol. The minimum absolute atomic E-state index is 0.0119. The van der Waals surface area contributed by atoms with E-state index in [0.29, 0.717) is 30.5 Å². The first-order chi connectivity index (χ1) is 46.1. The molecular weight excluding hydrogens is 1240 g/mol. The molecule has 9 saturated carbocycles. The van der Waals surface area contributed by atoms with E-state index in [1.54, 1.807) is 0 Å². The van der Waals surface area contributed by atoms with Crippen molar-refractivity contribution in [2.24, 2.45) is 57.2 Å². The number of rotatable bonds is 30. The Morgan fingerprint density at radius 1 is 0.299 bits per heavy atom. The van der Waals surface area contributed by atoms with Crippen LogP contribution in [0.1, 0.15) is 336 Å². The number of carbonyl (C=O) groups excluding carboxylic acids is 6. The van der Waals surface area contributed by atoms with Gasteiger partial charge >= 0.3 is 35.8 Å². The van der Waals surface area contributed by atoms with Crippen molar-refractivity contribution in [1.29, 1.82) is 0 Å². The second-order valence-corrected chi connectivity index (χ2v) is 31.8. The van der Waals surface area contributed by atoms with Gasteiger partial charge in [0, 0.05) is 0 Å². The highest BCUT2D eigenvalue weighted by molar-refractivity contribution is 5.77. The Bertz CT molecular complexity index is 2120. The Labute approximate surface area is 589 Å². The number of hydrogen-bond acceptors (Lipinski definition) is 18. The van der Waals surface area contributed by atoms with E-state index in [0.717, 1.165) is 126 Å². The summed E-state index contributed by atoms with van der Waals surface area (Å²) in [5.74, 6) is 2.43. The lowest BCUT2D eigenvalue weighted by molar-refractivity contribution is -0.193. The second kappa shape index (κ2) is 47.7. The summed E-state index contributed by atoms with van der Waals surface area (Å²) in [7, 11) is 0. The van der Waals surface area contributed by atoms with Gasteiger partial charge in [-0.1, -0.05) is 145 Å². The lowest BCUT2D eigenvalue weighted by Gasteiger charge is -2.53. The molecule has 0 aromatic rings. The minimum Gasteiger partial charge on any atom is -0.438 e. The molecule has 566 valence electrons. The van der Waals surface area contributed by atoms with Gasteiger partial charge in [0.25, 0.3) is 0 Å². The molecule has 9 fully saturated rings. The maximum absolute atomic E-state index is 11.9. The predicted octanol–water partition coefficient (Wildman–Crippen LogP) is 19.0. The lowest BCUT2D eigenvalue weighted by atomic mass is 9.55. The van der Waals surface area contributed by atoms with Gasteiger partial charge in [-0.25, -0.2) is 0 Å². The van der Waals surface area contributed by atoms with Crippen molar-refractivity contribution < 1.29 is 85.6 Å². The highest BCUT2D eigenvalue weighted by Crippen LogP contribution is 2.54. The summed E-state index contributed by atoms with van der Waals surface area (Å²) in [5.41, 5.74) is -1.57. The summed E-state index contributed by atoms with van der Waals surface area (Å²) in [6.07, 6.45) is 42.2. The van der Waals surface area contributed by atoms with Gasteiger partial charge in [0.1, 0.15) is 0 Å². The second-order valence-electron chi connectivity index (χ2n) is 31.8. The molecule has 18 heteroatoms. The summed E-state index contributed by atoms with van der Waals surface area (Å²) in [6, 6.07) is 0. The molecule has 0 heterocycles. The van der Waals surface area contributed by atoms with Crippen molar-refractivity contribution >= 4 is 35.8 Å². The Hall–Kier alpha value is -3.42. The summed E-state index contributed by atoms with van der Waals surface area (Å²) < 4.78 is 64.4. The van der Waals surface area contributed by atoms with Crippen molar-refractivity contribution in [3.05, 3.63) is 0 Å². The summed E-state index contributed by atoms with van der Waals surface area (Å²) in [5, 5.41) is 0. The van der Waals surface area contributed by atoms with Crippen molar-refractivity contribution in [3.63, 3.8) is 0 Å². The SMILES string of the molecule is CCC(C)(C)C(=O)OCOC1C2CC3CC(C2)CC1C3.CCC(C)(C)C(=O)OCOC1CCCC1.CCC(C)(C)C(=O)OCOC1CCCCC1.CCC(C)(C)C(=O)OCOC1CCCCCC1.CCC(C)C(=O)OCOC1CCCC1.CCC(C)C(=O)OCOC1CCCCC1. The molecule has 2 atom stereocenters. The first-order valence-corrected chi connectivity index (χ1v) is 38.9. The van der Waals surface area contributed by atoms with Crippen LogP contribution in [0.2, 0.25) is 0 Å². The molecule has 9 rings (SSSR count). The molecule has 0 aliphatic heterocycles. The minimum atomic E-state index is -0.396. The van der Waals surface area contributed by atoms with Crippen molar-refractivity contribution in [3.8, 4) is 0 Å². The zero-order valence-electron chi connectivity index (χ0n) is 64.3. The maximum Gasteiger partial charge on any atom is 0.313 e.